The highest BCUT2D eigenvalue weighted by atomic mass is 15.1. The van der Waals surface area contributed by atoms with Gasteiger partial charge in [-0.1, -0.05) is 61.5 Å². The Labute approximate surface area is 189 Å². The van der Waals surface area contributed by atoms with Crippen LogP contribution in [0.2, 0.25) is 0 Å². The van der Waals surface area contributed by atoms with Gasteiger partial charge >= 0.3 is 0 Å². The molecule has 1 aliphatic heterocycles. The van der Waals surface area contributed by atoms with Gasteiger partial charge < -0.3 is 10.3 Å². The summed E-state index contributed by atoms with van der Waals surface area (Å²) in [5.41, 5.74) is 2.43. The number of hydrogen-bond acceptors (Lipinski definition) is 4. The Bertz CT molecular complexity index is 1140. The second kappa shape index (κ2) is 8.80. The molecule has 2 aliphatic rings. The summed E-state index contributed by atoms with van der Waals surface area (Å²) in [6.07, 6.45) is 2.92. The average Bonchev–Trinajstić information content (AvgIpc) is 2.84. The van der Waals surface area contributed by atoms with E-state index >= 15 is 0 Å². The van der Waals surface area contributed by atoms with Gasteiger partial charge in [-0.15, -0.1) is 0 Å². The van der Waals surface area contributed by atoms with E-state index in [4.69, 9.17) is 5.41 Å². The molecular formula is C27H26N5+. The normalized spacial score (nSPS) is 26.1. The van der Waals surface area contributed by atoms with Crippen LogP contribution < -0.4 is 4.90 Å². The molecule has 4 atom stereocenters. The average molecular weight is 421 g/mol. The number of nitrogens with one attached hydrogen (secondary N) is 2. The van der Waals surface area contributed by atoms with E-state index in [9.17, 15) is 15.8 Å². The van der Waals surface area contributed by atoms with Crippen molar-refractivity contribution in [3.63, 3.8) is 0 Å². The molecule has 1 heterocycles. The molecule has 32 heavy (non-hydrogen) atoms. The second-order valence-electron chi connectivity index (χ2n) is 8.70. The SMILES string of the molecule is CCc1ccc([C@H]2C(C#N)C(=N)C(C#N)(C#N)C3=CC[NH+](Cc4ccccc4)C[C@H]32)cc1. The number of quaternary nitrogens is 1. The van der Waals surface area contributed by atoms with Gasteiger partial charge in [0.2, 0.25) is 5.41 Å². The van der Waals surface area contributed by atoms with Gasteiger partial charge in [-0.3, -0.25) is 0 Å². The zero-order valence-corrected chi connectivity index (χ0v) is 18.2. The van der Waals surface area contributed by atoms with Crippen LogP contribution in [-0.4, -0.2) is 18.8 Å². The molecule has 5 nitrogen and oxygen atoms in total. The first-order chi connectivity index (χ1) is 15.6. The maximum absolute atomic E-state index is 10.1. The van der Waals surface area contributed by atoms with Gasteiger partial charge in [0.25, 0.3) is 0 Å². The van der Waals surface area contributed by atoms with Gasteiger partial charge in [-0.2, -0.15) is 15.8 Å². The van der Waals surface area contributed by atoms with E-state index in [1.807, 2.05) is 24.3 Å². The summed E-state index contributed by atoms with van der Waals surface area (Å²) in [5, 5.41) is 38.9. The lowest BCUT2D eigenvalue weighted by molar-refractivity contribution is -0.913. The van der Waals surface area contributed by atoms with E-state index in [1.54, 1.807) is 0 Å². The van der Waals surface area contributed by atoms with Gasteiger partial charge in [0.05, 0.1) is 42.9 Å². The molecule has 0 amide bonds. The van der Waals surface area contributed by atoms with Gasteiger partial charge in [0.15, 0.2) is 0 Å². The third-order valence-electron chi connectivity index (χ3n) is 7.00. The second-order valence-corrected chi connectivity index (χ2v) is 8.70. The van der Waals surface area contributed by atoms with Crippen LogP contribution in [0.4, 0.5) is 0 Å². The van der Waals surface area contributed by atoms with Crippen molar-refractivity contribution in [1.29, 1.82) is 21.2 Å². The first-order valence-corrected chi connectivity index (χ1v) is 11.1. The molecule has 2 aromatic carbocycles. The number of benzene rings is 2. The van der Waals surface area contributed by atoms with Gasteiger partial charge in [0, 0.05) is 17.4 Å². The number of fused-ring (bicyclic) bond motifs is 1. The summed E-state index contributed by atoms with van der Waals surface area (Å²) < 4.78 is 0. The number of nitrogens with zero attached hydrogens (tertiary/aromatic N) is 3. The van der Waals surface area contributed by atoms with E-state index in [2.05, 4.69) is 61.5 Å². The fourth-order valence-electron chi connectivity index (χ4n) is 5.31. The number of hydrogen-bond donors (Lipinski definition) is 2. The molecular weight excluding hydrogens is 394 g/mol. The fraction of sp³-hybridized carbons (Fsp3) is 0.333. The van der Waals surface area contributed by atoms with Crippen LogP contribution in [0.1, 0.15) is 29.5 Å². The van der Waals surface area contributed by atoms with Crippen molar-refractivity contribution >= 4 is 5.71 Å². The highest BCUT2D eigenvalue weighted by Gasteiger charge is 2.57. The van der Waals surface area contributed by atoms with Gasteiger partial charge in [-0.05, 0) is 29.2 Å². The minimum absolute atomic E-state index is 0.0800. The lowest BCUT2D eigenvalue weighted by Crippen LogP contribution is -3.12. The first kappa shape index (κ1) is 21.5. The maximum atomic E-state index is 10.1. The van der Waals surface area contributed by atoms with Crippen LogP contribution >= 0.6 is 0 Å². The topological polar surface area (TPSA) is 99.7 Å². The standard InChI is InChI=1S/C27H25N5/c1-2-19-8-10-21(11-9-19)25-22(14-28)26(31)27(17-29,18-30)24-12-13-32(16-23(24)25)15-20-6-4-3-5-7-20/h3-12,22-23,25,31H,2,13,15-16H2,1H3/p+1/t22?,23-,25+/m1/s1. The lowest BCUT2D eigenvalue weighted by Gasteiger charge is -2.46. The van der Waals surface area contributed by atoms with Crippen LogP contribution in [0.5, 0.6) is 0 Å². The van der Waals surface area contributed by atoms with Crippen LogP contribution in [0.15, 0.2) is 66.2 Å². The van der Waals surface area contributed by atoms with Crippen molar-refractivity contribution in [2.75, 3.05) is 13.1 Å². The van der Waals surface area contributed by atoms with E-state index in [0.29, 0.717) is 12.1 Å². The van der Waals surface area contributed by atoms with Crippen molar-refractivity contribution in [3.05, 3.63) is 82.9 Å². The Hall–Kier alpha value is -3.72. The van der Waals surface area contributed by atoms with Crippen LogP contribution in [-0.2, 0) is 13.0 Å². The van der Waals surface area contributed by atoms with Crippen molar-refractivity contribution in [3.8, 4) is 18.2 Å². The van der Waals surface area contributed by atoms with Crippen LogP contribution in [0.25, 0.3) is 0 Å². The largest absolute Gasteiger partial charge is 0.327 e. The summed E-state index contributed by atoms with van der Waals surface area (Å²) in [6.45, 7) is 4.35. The summed E-state index contributed by atoms with van der Waals surface area (Å²) in [5.74, 6) is -1.20. The number of aryl methyl sites for hydroxylation is 1. The third-order valence-corrected chi connectivity index (χ3v) is 7.00. The molecule has 158 valence electrons. The predicted molar refractivity (Wildman–Crippen MR) is 121 cm³/mol. The molecule has 2 N–H and O–H groups in total. The molecule has 2 unspecified atom stereocenters. The zero-order valence-electron chi connectivity index (χ0n) is 18.2. The van der Waals surface area contributed by atoms with Crippen molar-refractivity contribution in [2.45, 2.75) is 25.8 Å². The maximum Gasteiger partial charge on any atom is 0.203 e. The number of nitriles is 3. The van der Waals surface area contributed by atoms with Gasteiger partial charge in [-0.25, -0.2) is 0 Å². The minimum atomic E-state index is -1.65. The first-order valence-electron chi connectivity index (χ1n) is 11.1. The predicted octanol–water partition coefficient (Wildman–Crippen LogP) is 3.18. The highest BCUT2D eigenvalue weighted by Crippen LogP contribution is 2.51. The molecule has 0 bridgehead atoms. The molecule has 1 aliphatic carbocycles. The molecule has 2 aromatic rings. The van der Waals surface area contributed by atoms with E-state index in [1.165, 1.54) is 16.0 Å². The molecule has 1 fully saturated rings. The smallest absolute Gasteiger partial charge is 0.203 e. The molecule has 5 heteroatoms. The lowest BCUT2D eigenvalue weighted by atomic mass is 9.55. The van der Waals surface area contributed by atoms with Crippen LogP contribution in [0.3, 0.4) is 0 Å². The Morgan fingerprint density at radius 1 is 1.00 bits per heavy atom. The monoisotopic (exact) mass is 420 g/mol. The van der Waals surface area contributed by atoms with E-state index in [-0.39, 0.29) is 17.5 Å². The van der Waals surface area contributed by atoms with Crippen LogP contribution in [0, 0.1) is 56.7 Å². The Morgan fingerprint density at radius 2 is 1.69 bits per heavy atom. The van der Waals surface area contributed by atoms with Crippen molar-refractivity contribution in [1.82, 2.24) is 0 Å². The van der Waals surface area contributed by atoms with Crippen molar-refractivity contribution in [2.24, 2.45) is 17.3 Å². The molecule has 0 spiro atoms. The molecule has 4 rings (SSSR count). The summed E-state index contributed by atoms with van der Waals surface area (Å²) in [6, 6.07) is 25.1. The Kier molecular flexibility index (Phi) is 5.91. The van der Waals surface area contributed by atoms with E-state index < -0.39 is 11.3 Å². The third kappa shape index (κ3) is 3.50. The Balaban J connectivity index is 1.79. The van der Waals surface area contributed by atoms with Gasteiger partial charge in [0.1, 0.15) is 6.54 Å². The summed E-state index contributed by atoms with van der Waals surface area (Å²) in [7, 11) is 0. The Morgan fingerprint density at radius 3 is 2.28 bits per heavy atom. The molecule has 0 aromatic heterocycles. The highest BCUT2D eigenvalue weighted by molar-refractivity contribution is 6.01. The zero-order chi connectivity index (χ0) is 22.7. The number of rotatable bonds is 4. The van der Waals surface area contributed by atoms with Crippen molar-refractivity contribution < 1.29 is 4.90 Å². The van der Waals surface area contributed by atoms with E-state index in [0.717, 1.165) is 25.1 Å². The minimum Gasteiger partial charge on any atom is -0.327 e. The fourth-order valence-corrected chi connectivity index (χ4v) is 5.31. The molecule has 0 radical (unpaired) electrons. The molecule has 1 saturated carbocycles. The summed E-state index contributed by atoms with van der Waals surface area (Å²) >= 11 is 0. The molecule has 0 saturated heterocycles. The quantitative estimate of drug-likeness (QED) is 0.743. The summed E-state index contributed by atoms with van der Waals surface area (Å²) in [4.78, 5) is 1.33.